The molecule has 2 aromatic rings. The Bertz CT molecular complexity index is 538. The molecule has 1 aromatic heterocycles. The van der Waals surface area contributed by atoms with Crippen LogP contribution in [0.4, 0.5) is 0 Å². The molecule has 86 valence electrons. The van der Waals surface area contributed by atoms with Crippen LogP contribution in [0.3, 0.4) is 0 Å². The minimum absolute atomic E-state index is 0.366. The number of aryl methyl sites for hydroxylation is 1. The van der Waals surface area contributed by atoms with Gasteiger partial charge in [-0.2, -0.15) is 0 Å². The Labute approximate surface area is 99.3 Å². The third-order valence-corrected chi connectivity index (χ3v) is 2.42. The highest BCUT2D eigenvalue weighted by molar-refractivity contribution is 5.96. The number of carbonyl (C=O) groups is 1. The highest BCUT2D eigenvalue weighted by Gasteiger charge is 2.14. The summed E-state index contributed by atoms with van der Waals surface area (Å²) in [7, 11) is 1.37. The summed E-state index contributed by atoms with van der Waals surface area (Å²) in [5.41, 5.74) is 2.90. The standard InChI is InChI=1S/C13H12N2O2/c1-9-3-4-10(11(7-9)13(16)17-2)12-8-14-5-6-15-12/h3-8H,1-2H3. The first-order valence-electron chi connectivity index (χ1n) is 5.17. The monoisotopic (exact) mass is 228 g/mol. The second kappa shape index (κ2) is 4.74. The number of benzene rings is 1. The van der Waals surface area contributed by atoms with Gasteiger partial charge in [0.05, 0.1) is 24.6 Å². The highest BCUT2D eigenvalue weighted by atomic mass is 16.5. The van der Waals surface area contributed by atoms with E-state index in [1.165, 1.54) is 7.11 Å². The Morgan fingerprint density at radius 2 is 2.12 bits per heavy atom. The van der Waals surface area contributed by atoms with Crippen LogP contribution in [0.5, 0.6) is 0 Å². The van der Waals surface area contributed by atoms with E-state index in [2.05, 4.69) is 9.97 Å². The molecule has 0 bridgehead atoms. The molecule has 0 atom stereocenters. The minimum Gasteiger partial charge on any atom is -0.465 e. The molecule has 1 heterocycles. The molecule has 0 saturated heterocycles. The number of ether oxygens (including phenoxy) is 1. The lowest BCUT2D eigenvalue weighted by Gasteiger charge is -2.07. The van der Waals surface area contributed by atoms with Gasteiger partial charge >= 0.3 is 5.97 Å². The quantitative estimate of drug-likeness (QED) is 0.740. The van der Waals surface area contributed by atoms with Crippen molar-refractivity contribution in [3.05, 3.63) is 47.9 Å². The molecule has 17 heavy (non-hydrogen) atoms. The zero-order valence-corrected chi connectivity index (χ0v) is 9.68. The molecule has 2 rings (SSSR count). The highest BCUT2D eigenvalue weighted by Crippen LogP contribution is 2.22. The summed E-state index contributed by atoms with van der Waals surface area (Å²) in [5, 5.41) is 0. The molecule has 0 radical (unpaired) electrons. The van der Waals surface area contributed by atoms with Crippen molar-refractivity contribution in [1.82, 2.24) is 9.97 Å². The molecular weight excluding hydrogens is 216 g/mol. The molecule has 4 heteroatoms. The van der Waals surface area contributed by atoms with Crippen LogP contribution in [-0.4, -0.2) is 23.0 Å². The van der Waals surface area contributed by atoms with Crippen LogP contribution in [-0.2, 0) is 4.74 Å². The molecule has 0 unspecified atom stereocenters. The van der Waals surface area contributed by atoms with Gasteiger partial charge in [-0.15, -0.1) is 0 Å². The molecule has 0 saturated carbocycles. The van der Waals surface area contributed by atoms with Crippen molar-refractivity contribution in [1.29, 1.82) is 0 Å². The molecule has 1 aromatic carbocycles. The van der Waals surface area contributed by atoms with E-state index >= 15 is 0 Å². The van der Waals surface area contributed by atoms with Crippen molar-refractivity contribution in [3.63, 3.8) is 0 Å². The molecule has 4 nitrogen and oxygen atoms in total. The minimum atomic E-state index is -0.366. The fourth-order valence-corrected chi connectivity index (χ4v) is 1.60. The molecule has 0 aliphatic carbocycles. The maximum Gasteiger partial charge on any atom is 0.338 e. The summed E-state index contributed by atoms with van der Waals surface area (Å²) < 4.78 is 4.77. The van der Waals surface area contributed by atoms with Gasteiger partial charge in [-0.05, 0) is 13.0 Å². The van der Waals surface area contributed by atoms with Crippen molar-refractivity contribution in [3.8, 4) is 11.3 Å². The van der Waals surface area contributed by atoms with Gasteiger partial charge in [0.1, 0.15) is 0 Å². The van der Waals surface area contributed by atoms with E-state index in [-0.39, 0.29) is 5.97 Å². The van der Waals surface area contributed by atoms with Gasteiger partial charge in [0.15, 0.2) is 0 Å². The third-order valence-electron chi connectivity index (χ3n) is 2.42. The zero-order chi connectivity index (χ0) is 12.3. The zero-order valence-electron chi connectivity index (χ0n) is 9.68. The van der Waals surface area contributed by atoms with Crippen molar-refractivity contribution < 1.29 is 9.53 Å². The molecule has 0 fully saturated rings. The first-order valence-corrected chi connectivity index (χ1v) is 5.17. The lowest BCUT2D eigenvalue weighted by molar-refractivity contribution is 0.0601. The van der Waals surface area contributed by atoms with Crippen LogP contribution in [0.2, 0.25) is 0 Å². The van der Waals surface area contributed by atoms with E-state index < -0.39 is 0 Å². The Hall–Kier alpha value is -2.23. The maximum absolute atomic E-state index is 11.7. The number of esters is 1. The topological polar surface area (TPSA) is 52.1 Å². The van der Waals surface area contributed by atoms with Crippen LogP contribution in [0.25, 0.3) is 11.3 Å². The molecule has 0 spiro atoms. The number of hydrogen-bond acceptors (Lipinski definition) is 4. The van der Waals surface area contributed by atoms with Crippen LogP contribution in [0.1, 0.15) is 15.9 Å². The smallest absolute Gasteiger partial charge is 0.338 e. The Balaban J connectivity index is 2.58. The van der Waals surface area contributed by atoms with E-state index in [0.29, 0.717) is 11.3 Å². The van der Waals surface area contributed by atoms with Crippen LogP contribution >= 0.6 is 0 Å². The predicted molar refractivity (Wildman–Crippen MR) is 63.5 cm³/mol. The molecule has 0 aliphatic rings. The van der Waals surface area contributed by atoms with E-state index in [9.17, 15) is 4.79 Å². The van der Waals surface area contributed by atoms with Crippen LogP contribution in [0.15, 0.2) is 36.8 Å². The van der Waals surface area contributed by atoms with E-state index in [4.69, 9.17) is 4.74 Å². The van der Waals surface area contributed by atoms with Gasteiger partial charge in [0, 0.05) is 18.0 Å². The third kappa shape index (κ3) is 2.30. The van der Waals surface area contributed by atoms with Crippen LogP contribution in [0, 0.1) is 6.92 Å². The summed E-state index contributed by atoms with van der Waals surface area (Å²) in [6.07, 6.45) is 4.81. The lowest BCUT2D eigenvalue weighted by Crippen LogP contribution is -2.04. The summed E-state index contributed by atoms with van der Waals surface area (Å²) in [6, 6.07) is 5.57. The van der Waals surface area contributed by atoms with Gasteiger partial charge in [-0.25, -0.2) is 4.79 Å². The number of carbonyl (C=O) groups excluding carboxylic acids is 1. The first kappa shape index (κ1) is 11.3. The van der Waals surface area contributed by atoms with E-state index in [0.717, 1.165) is 11.1 Å². The molecule has 0 amide bonds. The van der Waals surface area contributed by atoms with Gasteiger partial charge in [0.2, 0.25) is 0 Å². The number of rotatable bonds is 2. The SMILES string of the molecule is COC(=O)c1cc(C)ccc1-c1cnccn1. The molecular formula is C13H12N2O2. The van der Waals surface area contributed by atoms with Gasteiger partial charge in [0.25, 0.3) is 0 Å². The number of methoxy groups -OCH3 is 1. The van der Waals surface area contributed by atoms with Gasteiger partial charge < -0.3 is 4.74 Å². The summed E-state index contributed by atoms with van der Waals surface area (Å²) in [6.45, 7) is 1.92. The Morgan fingerprint density at radius 3 is 2.76 bits per heavy atom. The summed E-state index contributed by atoms with van der Waals surface area (Å²) >= 11 is 0. The van der Waals surface area contributed by atoms with Crippen LogP contribution < -0.4 is 0 Å². The van der Waals surface area contributed by atoms with Gasteiger partial charge in [-0.3, -0.25) is 9.97 Å². The predicted octanol–water partition coefficient (Wildman–Crippen LogP) is 2.24. The summed E-state index contributed by atoms with van der Waals surface area (Å²) in [5.74, 6) is -0.366. The van der Waals surface area contributed by atoms with E-state index in [1.807, 2.05) is 19.1 Å². The molecule has 0 N–H and O–H groups in total. The first-order chi connectivity index (χ1) is 8.22. The normalized spacial score (nSPS) is 10.0. The fourth-order valence-electron chi connectivity index (χ4n) is 1.60. The summed E-state index contributed by atoms with van der Waals surface area (Å²) in [4.78, 5) is 19.9. The molecule has 0 aliphatic heterocycles. The lowest BCUT2D eigenvalue weighted by atomic mass is 10.0. The second-order valence-corrected chi connectivity index (χ2v) is 3.63. The maximum atomic E-state index is 11.7. The largest absolute Gasteiger partial charge is 0.465 e. The number of nitrogens with zero attached hydrogens (tertiary/aromatic N) is 2. The second-order valence-electron chi connectivity index (χ2n) is 3.63. The number of aromatic nitrogens is 2. The van der Waals surface area contributed by atoms with Crippen molar-refractivity contribution in [2.75, 3.05) is 7.11 Å². The fraction of sp³-hybridized carbons (Fsp3) is 0.154. The Kier molecular flexibility index (Phi) is 3.14. The average molecular weight is 228 g/mol. The van der Waals surface area contributed by atoms with Crippen molar-refractivity contribution in [2.45, 2.75) is 6.92 Å². The number of hydrogen-bond donors (Lipinski definition) is 0. The van der Waals surface area contributed by atoms with Gasteiger partial charge in [-0.1, -0.05) is 17.7 Å². The van der Waals surface area contributed by atoms with E-state index in [1.54, 1.807) is 24.7 Å². The average Bonchev–Trinajstić information content (AvgIpc) is 2.38. The van der Waals surface area contributed by atoms with Crippen molar-refractivity contribution in [2.24, 2.45) is 0 Å². The van der Waals surface area contributed by atoms with Crippen molar-refractivity contribution >= 4 is 5.97 Å². The Morgan fingerprint density at radius 1 is 1.29 bits per heavy atom.